The zero-order valence-corrected chi connectivity index (χ0v) is 17.8. The third-order valence-electron chi connectivity index (χ3n) is 3.38. The van der Waals surface area contributed by atoms with Gasteiger partial charge in [0.2, 0.25) is 0 Å². The Morgan fingerprint density at radius 1 is 0.800 bits per heavy atom. The van der Waals surface area contributed by atoms with Crippen LogP contribution in [0.2, 0.25) is 0 Å². The lowest BCUT2D eigenvalue weighted by Crippen LogP contribution is -2.09. The fraction of sp³-hybridized carbons (Fsp3) is 0.300. The average molecular weight is 438 g/mol. The Kier molecular flexibility index (Phi) is 10.8. The van der Waals surface area contributed by atoms with E-state index in [2.05, 4.69) is 18.9 Å². The van der Waals surface area contributed by atoms with Gasteiger partial charge in [-0.3, -0.25) is 9.59 Å². The first-order valence-electron chi connectivity index (χ1n) is 8.48. The van der Waals surface area contributed by atoms with Crippen molar-refractivity contribution >= 4 is 35.6 Å². The van der Waals surface area contributed by atoms with Gasteiger partial charge in [-0.1, -0.05) is 23.9 Å². The van der Waals surface area contributed by atoms with Gasteiger partial charge >= 0.3 is 23.9 Å². The Labute approximate surface area is 177 Å². The smallest absolute Gasteiger partial charge is 0.333 e. The monoisotopic (exact) mass is 438 g/mol. The van der Waals surface area contributed by atoms with Crippen LogP contribution in [0.15, 0.2) is 52.0 Å². The molecule has 0 aliphatic heterocycles. The highest BCUT2D eigenvalue weighted by molar-refractivity contribution is 8.03. The van der Waals surface area contributed by atoms with Crippen molar-refractivity contribution in [1.29, 1.82) is 0 Å². The van der Waals surface area contributed by atoms with Crippen molar-refractivity contribution in [2.24, 2.45) is 0 Å². The summed E-state index contributed by atoms with van der Waals surface area (Å²) in [7, 11) is 4.84. The fourth-order valence-electron chi connectivity index (χ4n) is 1.94. The molecule has 0 atom stereocenters. The predicted octanol–water partition coefficient (Wildman–Crippen LogP) is 2.40. The van der Waals surface area contributed by atoms with E-state index in [4.69, 9.17) is 4.74 Å². The number of rotatable bonds is 10. The molecule has 30 heavy (non-hydrogen) atoms. The van der Waals surface area contributed by atoms with E-state index in [9.17, 15) is 19.2 Å². The average Bonchev–Trinajstić information content (AvgIpc) is 2.74. The van der Waals surface area contributed by atoms with Crippen LogP contribution in [0.4, 0.5) is 0 Å². The van der Waals surface area contributed by atoms with Crippen molar-refractivity contribution in [2.75, 3.05) is 28.4 Å². The van der Waals surface area contributed by atoms with Gasteiger partial charge in [-0.25, -0.2) is 9.59 Å². The van der Waals surface area contributed by atoms with Crippen molar-refractivity contribution in [3.05, 3.63) is 47.1 Å². The molecule has 0 bridgehead atoms. The van der Waals surface area contributed by atoms with Crippen molar-refractivity contribution in [2.45, 2.75) is 17.7 Å². The highest BCUT2D eigenvalue weighted by atomic mass is 32.2. The SMILES string of the molecule is COC(=O)/C=C(\CC(=O)OC)Oc1ccccc1S/C(=C/C(=O)OC)CC(=O)OC. The van der Waals surface area contributed by atoms with Crippen molar-refractivity contribution in [1.82, 2.24) is 0 Å². The normalized spacial score (nSPS) is 11.3. The van der Waals surface area contributed by atoms with E-state index in [1.807, 2.05) is 0 Å². The third kappa shape index (κ3) is 8.82. The second kappa shape index (κ2) is 13.0. The number of hydrogen-bond donors (Lipinski definition) is 0. The lowest BCUT2D eigenvalue weighted by molar-refractivity contribution is -0.141. The molecule has 0 heterocycles. The molecule has 9 nitrogen and oxygen atoms in total. The summed E-state index contributed by atoms with van der Waals surface area (Å²) in [4.78, 5) is 47.4. The number of carbonyl (C=O) groups excluding carboxylic acids is 4. The number of thioether (sulfide) groups is 1. The van der Waals surface area contributed by atoms with E-state index in [-0.39, 0.29) is 24.4 Å². The zero-order valence-electron chi connectivity index (χ0n) is 17.0. The van der Waals surface area contributed by atoms with Gasteiger partial charge in [0.25, 0.3) is 0 Å². The molecular weight excluding hydrogens is 416 g/mol. The summed E-state index contributed by atoms with van der Waals surface area (Å²) in [6.45, 7) is 0. The first-order valence-corrected chi connectivity index (χ1v) is 9.30. The number of para-hydroxylation sites is 1. The van der Waals surface area contributed by atoms with Gasteiger partial charge in [-0.05, 0) is 12.1 Å². The van der Waals surface area contributed by atoms with Crippen LogP contribution in [0, 0.1) is 0 Å². The van der Waals surface area contributed by atoms with Crippen LogP contribution in [0.5, 0.6) is 5.75 Å². The predicted molar refractivity (Wildman–Crippen MR) is 106 cm³/mol. The Morgan fingerprint density at radius 3 is 1.97 bits per heavy atom. The van der Waals surface area contributed by atoms with Crippen molar-refractivity contribution in [3.8, 4) is 5.75 Å². The van der Waals surface area contributed by atoms with Gasteiger partial charge in [0, 0.05) is 11.0 Å². The summed E-state index contributed by atoms with van der Waals surface area (Å²) in [6.07, 6.45) is 1.71. The summed E-state index contributed by atoms with van der Waals surface area (Å²) >= 11 is 1.07. The molecule has 0 saturated carbocycles. The quantitative estimate of drug-likeness (QED) is 0.177. The molecule has 0 saturated heterocycles. The maximum atomic E-state index is 11.7. The molecule has 0 N–H and O–H groups in total. The summed E-state index contributed by atoms with van der Waals surface area (Å²) in [6, 6.07) is 6.67. The first-order chi connectivity index (χ1) is 14.3. The van der Waals surface area contributed by atoms with E-state index >= 15 is 0 Å². The van der Waals surface area contributed by atoms with Crippen LogP contribution >= 0.6 is 11.8 Å². The Bertz CT molecular complexity index is 773. The number of hydrogen-bond acceptors (Lipinski definition) is 10. The van der Waals surface area contributed by atoms with Gasteiger partial charge in [-0.15, -0.1) is 0 Å². The maximum absolute atomic E-state index is 11.7. The topological polar surface area (TPSA) is 114 Å². The summed E-state index contributed by atoms with van der Waals surface area (Å²) in [5.74, 6) is -2.25. The van der Waals surface area contributed by atoms with Crippen molar-refractivity contribution < 1.29 is 42.9 Å². The lowest BCUT2D eigenvalue weighted by atomic mass is 10.3. The molecule has 1 aromatic carbocycles. The Hall–Kier alpha value is -3.27. The first kappa shape index (κ1) is 24.8. The molecule has 10 heteroatoms. The molecule has 0 aliphatic rings. The molecule has 162 valence electrons. The summed E-state index contributed by atoms with van der Waals surface area (Å²) in [5.41, 5.74) is 0. The molecule has 0 aliphatic carbocycles. The van der Waals surface area contributed by atoms with Crippen LogP contribution in [0.3, 0.4) is 0 Å². The summed E-state index contributed by atoms with van der Waals surface area (Å²) < 4.78 is 24.2. The number of methoxy groups -OCH3 is 4. The molecule has 0 unspecified atom stereocenters. The van der Waals surface area contributed by atoms with E-state index in [1.54, 1.807) is 24.3 Å². The summed E-state index contributed by atoms with van der Waals surface area (Å²) in [5, 5.41) is 0. The number of esters is 4. The molecule has 0 fully saturated rings. The van der Waals surface area contributed by atoms with E-state index in [0.717, 1.165) is 23.9 Å². The molecule has 0 aromatic heterocycles. The van der Waals surface area contributed by atoms with Gasteiger partial charge in [0.15, 0.2) is 0 Å². The Balaban J connectivity index is 3.21. The second-order valence-corrected chi connectivity index (χ2v) is 6.59. The van der Waals surface area contributed by atoms with Gasteiger partial charge in [-0.2, -0.15) is 0 Å². The molecule has 1 rings (SSSR count). The highest BCUT2D eigenvalue weighted by Crippen LogP contribution is 2.37. The maximum Gasteiger partial charge on any atom is 0.333 e. The Morgan fingerprint density at radius 2 is 1.37 bits per heavy atom. The van der Waals surface area contributed by atoms with Crippen LogP contribution in [0.25, 0.3) is 0 Å². The van der Waals surface area contributed by atoms with E-state index < -0.39 is 23.9 Å². The minimum absolute atomic E-state index is 0.00628. The molecule has 0 radical (unpaired) electrons. The van der Waals surface area contributed by atoms with Gasteiger partial charge in [0.1, 0.15) is 17.9 Å². The lowest BCUT2D eigenvalue weighted by Gasteiger charge is -2.14. The standard InChI is InChI=1S/C20H22O9S/c1-25-17(21)9-13(10-18(22)26-2)29-15-7-5-6-8-16(15)30-14(11-19(23)27-3)12-20(24)28-4/h5-9,11H,10,12H2,1-4H3/b13-9+,14-11+. The van der Waals surface area contributed by atoms with E-state index in [1.165, 1.54) is 28.4 Å². The van der Waals surface area contributed by atoms with Gasteiger partial charge < -0.3 is 23.7 Å². The van der Waals surface area contributed by atoms with Crippen LogP contribution in [-0.4, -0.2) is 52.3 Å². The largest absolute Gasteiger partial charge is 0.469 e. The molecule has 0 spiro atoms. The third-order valence-corrected chi connectivity index (χ3v) is 4.47. The van der Waals surface area contributed by atoms with Crippen LogP contribution in [-0.2, 0) is 38.1 Å². The minimum atomic E-state index is -0.712. The van der Waals surface area contributed by atoms with E-state index in [0.29, 0.717) is 9.80 Å². The van der Waals surface area contributed by atoms with Crippen molar-refractivity contribution in [3.63, 3.8) is 0 Å². The number of ether oxygens (including phenoxy) is 5. The second-order valence-electron chi connectivity index (χ2n) is 5.42. The number of carbonyl (C=O) groups is 4. The molecule has 0 amide bonds. The molecular formula is C20H22O9S. The number of benzene rings is 1. The highest BCUT2D eigenvalue weighted by Gasteiger charge is 2.16. The fourth-order valence-corrected chi connectivity index (χ4v) is 2.93. The molecule has 1 aromatic rings. The van der Waals surface area contributed by atoms with Crippen LogP contribution in [0.1, 0.15) is 12.8 Å². The van der Waals surface area contributed by atoms with Gasteiger partial charge in [0.05, 0.1) is 45.8 Å². The minimum Gasteiger partial charge on any atom is -0.469 e. The van der Waals surface area contributed by atoms with Crippen LogP contribution < -0.4 is 4.74 Å². The zero-order chi connectivity index (χ0) is 22.5.